The summed E-state index contributed by atoms with van der Waals surface area (Å²) in [5.74, 6) is -1.18. The smallest absolute Gasteiger partial charge is 0.335 e. The molecule has 20 heavy (non-hydrogen) atoms. The van der Waals surface area contributed by atoms with Gasteiger partial charge in [0, 0.05) is 13.1 Å². The van der Waals surface area contributed by atoms with Gasteiger partial charge < -0.3 is 10.2 Å². The molecule has 0 bridgehead atoms. The fourth-order valence-electron chi connectivity index (χ4n) is 1.73. The zero-order chi connectivity index (χ0) is 15.7. The van der Waals surface area contributed by atoms with Crippen LogP contribution in [0.25, 0.3) is 0 Å². The number of hydrogen-bond donors (Lipinski definition) is 2. The number of aromatic carboxylic acids is 1. The Bertz CT molecular complexity index is 624. The summed E-state index contributed by atoms with van der Waals surface area (Å²) in [4.78, 5) is 11.0. The minimum Gasteiger partial charge on any atom is -0.478 e. The van der Waals surface area contributed by atoms with Gasteiger partial charge in [-0.3, -0.25) is 0 Å². The molecule has 0 amide bonds. The number of nitrogens with zero attached hydrogens (tertiary/aromatic N) is 1. The Kier molecular flexibility index (Phi) is 4.90. The van der Waals surface area contributed by atoms with Crippen molar-refractivity contribution in [3.05, 3.63) is 28.8 Å². The highest BCUT2D eigenvalue weighted by Crippen LogP contribution is 2.24. The monoisotopic (exact) mass is 301 g/mol. The number of likely N-dealkylation sites (N-methyl/N-ethyl adjacent to an activating group) is 1. The fraction of sp³-hybridized carbons (Fsp3) is 0.462. The number of hydrogen-bond acceptors (Lipinski definition) is 4. The predicted octanol–water partition coefficient (Wildman–Crippen LogP) is 1.00. The van der Waals surface area contributed by atoms with Gasteiger partial charge in [0.2, 0.25) is 10.0 Å². The highest BCUT2D eigenvalue weighted by Gasteiger charge is 2.28. The summed E-state index contributed by atoms with van der Waals surface area (Å²) < 4.78 is 26.0. The number of carboxylic acids is 1. The summed E-state index contributed by atoms with van der Waals surface area (Å²) in [6.07, 6.45) is 0. The van der Waals surface area contributed by atoms with E-state index in [1.807, 2.05) is 0 Å². The summed E-state index contributed by atoms with van der Waals surface area (Å²) in [7, 11) is -2.49. The molecule has 0 aliphatic carbocycles. The molecule has 0 aliphatic heterocycles. The van der Waals surface area contributed by atoms with Crippen LogP contribution in [0.5, 0.6) is 0 Å². The summed E-state index contributed by atoms with van der Waals surface area (Å²) >= 11 is 0. The van der Waals surface area contributed by atoms with Gasteiger partial charge in [-0.1, -0.05) is 0 Å². The third kappa shape index (κ3) is 3.00. The van der Waals surface area contributed by atoms with Crippen molar-refractivity contribution in [3.8, 4) is 0 Å². The average Bonchev–Trinajstić information content (AvgIpc) is 2.39. The topological polar surface area (TPSA) is 94.9 Å². The van der Waals surface area contributed by atoms with Crippen LogP contribution in [0, 0.1) is 13.8 Å². The summed E-state index contributed by atoms with van der Waals surface area (Å²) in [6, 6.07) is 2.00. The lowest BCUT2D eigenvalue weighted by molar-refractivity contribution is 0.0696. The van der Waals surface area contributed by atoms with Crippen LogP contribution in [0.2, 0.25) is 0 Å². The molecule has 112 valence electrons. The van der Waals surface area contributed by atoms with Gasteiger partial charge in [-0.05, 0) is 44.0 Å². The normalized spacial score (nSPS) is 13.5. The fourth-order valence-corrected chi connectivity index (χ4v) is 3.40. The van der Waals surface area contributed by atoms with Crippen molar-refractivity contribution in [2.45, 2.75) is 31.7 Å². The molecule has 0 saturated heterocycles. The zero-order valence-electron chi connectivity index (χ0n) is 11.9. The molecule has 1 aromatic carbocycles. The second-order valence-corrected chi connectivity index (χ2v) is 6.74. The number of aryl methyl sites for hydroxylation is 1. The van der Waals surface area contributed by atoms with Gasteiger partial charge in [0.05, 0.1) is 17.1 Å². The van der Waals surface area contributed by atoms with E-state index in [1.165, 1.54) is 13.1 Å². The van der Waals surface area contributed by atoms with E-state index in [-0.39, 0.29) is 17.1 Å². The van der Waals surface area contributed by atoms with E-state index in [1.54, 1.807) is 20.8 Å². The lowest BCUT2D eigenvalue weighted by atomic mass is 10.1. The number of carbonyl (C=O) groups is 1. The maximum Gasteiger partial charge on any atom is 0.335 e. The molecule has 0 heterocycles. The van der Waals surface area contributed by atoms with Crippen molar-refractivity contribution in [3.63, 3.8) is 0 Å². The van der Waals surface area contributed by atoms with Gasteiger partial charge in [-0.2, -0.15) is 4.31 Å². The number of rotatable bonds is 5. The van der Waals surface area contributed by atoms with Crippen LogP contribution in [0.15, 0.2) is 17.0 Å². The van der Waals surface area contributed by atoms with E-state index in [9.17, 15) is 13.2 Å². The molecule has 1 unspecified atom stereocenters. The van der Waals surface area contributed by atoms with Crippen LogP contribution in [0.3, 0.4) is 0 Å². The zero-order valence-corrected chi connectivity index (χ0v) is 12.7. The van der Waals surface area contributed by atoms with E-state index in [4.69, 9.17) is 10.2 Å². The Morgan fingerprint density at radius 3 is 2.35 bits per heavy atom. The first-order valence-electron chi connectivity index (χ1n) is 6.06. The van der Waals surface area contributed by atoms with Crippen molar-refractivity contribution < 1.29 is 23.4 Å². The van der Waals surface area contributed by atoms with Crippen LogP contribution in [0.4, 0.5) is 0 Å². The lowest BCUT2D eigenvalue weighted by Crippen LogP contribution is -2.37. The standard InChI is InChI=1S/C13H19NO5S/c1-8-5-11(13(16)17)6-12(10(8)3)20(18,19)14(4)9(2)7-15/h5-6,9,15H,7H2,1-4H3,(H,16,17). The molecular formula is C13H19NO5S. The van der Waals surface area contributed by atoms with Gasteiger partial charge in [0.1, 0.15) is 0 Å². The van der Waals surface area contributed by atoms with Gasteiger partial charge in [0.15, 0.2) is 0 Å². The molecule has 0 aliphatic rings. The van der Waals surface area contributed by atoms with Crippen LogP contribution in [-0.4, -0.2) is 48.6 Å². The minimum atomic E-state index is -3.85. The van der Waals surface area contributed by atoms with Crippen molar-refractivity contribution in [2.75, 3.05) is 13.7 Å². The van der Waals surface area contributed by atoms with Crippen LogP contribution >= 0.6 is 0 Å². The summed E-state index contributed by atoms with van der Waals surface area (Å²) in [5.41, 5.74) is 1.03. The Balaban J connectivity index is 3.49. The first kappa shape index (κ1) is 16.6. The second-order valence-electron chi connectivity index (χ2n) is 4.77. The van der Waals surface area contributed by atoms with E-state index in [2.05, 4.69) is 0 Å². The number of sulfonamides is 1. The molecule has 6 nitrogen and oxygen atoms in total. The van der Waals surface area contributed by atoms with Crippen LogP contribution in [0.1, 0.15) is 28.4 Å². The largest absolute Gasteiger partial charge is 0.478 e. The minimum absolute atomic E-state index is 0.0438. The van der Waals surface area contributed by atoms with E-state index >= 15 is 0 Å². The van der Waals surface area contributed by atoms with Crippen molar-refractivity contribution in [2.24, 2.45) is 0 Å². The SMILES string of the molecule is Cc1cc(C(=O)O)cc(S(=O)(=O)N(C)C(C)CO)c1C. The highest BCUT2D eigenvalue weighted by molar-refractivity contribution is 7.89. The third-order valence-electron chi connectivity index (χ3n) is 3.41. The van der Waals surface area contributed by atoms with Gasteiger partial charge >= 0.3 is 5.97 Å². The number of carboxylic acid groups (broad SMARTS) is 1. The maximum absolute atomic E-state index is 12.5. The first-order chi connectivity index (χ1) is 9.12. The van der Waals surface area contributed by atoms with Crippen molar-refractivity contribution in [1.29, 1.82) is 0 Å². The van der Waals surface area contributed by atoms with Gasteiger partial charge in [0.25, 0.3) is 0 Å². The molecular weight excluding hydrogens is 282 g/mol. The summed E-state index contributed by atoms with van der Waals surface area (Å²) in [5, 5.41) is 18.1. The Morgan fingerprint density at radius 2 is 1.90 bits per heavy atom. The Labute approximate surface area is 118 Å². The molecule has 0 saturated carbocycles. The molecule has 0 radical (unpaired) electrons. The maximum atomic E-state index is 12.5. The number of aliphatic hydroxyl groups excluding tert-OH is 1. The van der Waals surface area contributed by atoms with Crippen LogP contribution in [-0.2, 0) is 10.0 Å². The molecule has 7 heteroatoms. The lowest BCUT2D eigenvalue weighted by Gasteiger charge is -2.24. The Morgan fingerprint density at radius 1 is 1.35 bits per heavy atom. The molecule has 2 N–H and O–H groups in total. The molecule has 1 atom stereocenters. The van der Waals surface area contributed by atoms with Crippen LogP contribution < -0.4 is 0 Å². The second kappa shape index (κ2) is 5.90. The third-order valence-corrected chi connectivity index (χ3v) is 5.51. The number of benzene rings is 1. The molecule has 0 fully saturated rings. The van der Waals surface area contributed by atoms with Crippen molar-refractivity contribution in [1.82, 2.24) is 4.31 Å². The Hall–Kier alpha value is -1.44. The first-order valence-corrected chi connectivity index (χ1v) is 7.50. The van der Waals surface area contributed by atoms with E-state index in [0.717, 1.165) is 10.4 Å². The average molecular weight is 301 g/mol. The molecule has 1 rings (SSSR count). The summed E-state index contributed by atoms with van der Waals surface area (Å²) in [6.45, 7) is 4.55. The van der Waals surface area contributed by atoms with Crippen molar-refractivity contribution >= 4 is 16.0 Å². The number of aliphatic hydroxyl groups is 1. The molecule has 1 aromatic rings. The van der Waals surface area contributed by atoms with E-state index < -0.39 is 22.0 Å². The quantitative estimate of drug-likeness (QED) is 0.846. The predicted molar refractivity (Wildman–Crippen MR) is 74.4 cm³/mol. The van der Waals surface area contributed by atoms with E-state index in [0.29, 0.717) is 11.1 Å². The van der Waals surface area contributed by atoms with Gasteiger partial charge in [-0.25, -0.2) is 13.2 Å². The van der Waals surface area contributed by atoms with Gasteiger partial charge in [-0.15, -0.1) is 0 Å². The highest BCUT2D eigenvalue weighted by atomic mass is 32.2. The molecule has 0 spiro atoms. The molecule has 0 aromatic heterocycles.